The van der Waals surface area contributed by atoms with Gasteiger partial charge in [-0.3, -0.25) is 9.59 Å². The number of aryl methyl sites for hydroxylation is 1. The number of carbonyl (C=O) groups is 3. The molecule has 0 saturated carbocycles. The van der Waals surface area contributed by atoms with Crippen LogP contribution in [0.25, 0.3) is 10.4 Å². The molecule has 0 spiro atoms. The summed E-state index contributed by atoms with van der Waals surface area (Å²) < 4.78 is 3.82. The Labute approximate surface area is 187 Å². The molecule has 1 saturated heterocycles. The molecule has 3 N–H and O–H groups in total. The van der Waals surface area contributed by atoms with Crippen molar-refractivity contribution in [3.8, 4) is 0 Å². The van der Waals surface area contributed by atoms with Crippen LogP contribution in [0.5, 0.6) is 0 Å². The molecule has 4 atom stereocenters. The van der Waals surface area contributed by atoms with Gasteiger partial charge in [0, 0.05) is 11.5 Å². The largest absolute Gasteiger partial charge is 1.00 e. The molecule has 2 aromatic heterocycles. The molecule has 2 aliphatic heterocycles. The van der Waals surface area contributed by atoms with Gasteiger partial charge >= 0.3 is 5.97 Å². The van der Waals surface area contributed by atoms with Crippen LogP contribution in [-0.2, 0) is 28.0 Å². The highest BCUT2D eigenvalue weighted by Crippen LogP contribution is 2.51. The van der Waals surface area contributed by atoms with Crippen molar-refractivity contribution in [2.45, 2.75) is 32.5 Å². The zero-order chi connectivity index (χ0) is 20.3. The van der Waals surface area contributed by atoms with E-state index in [-0.39, 0.29) is 47.5 Å². The quantitative estimate of drug-likeness (QED) is 0.156. The fourth-order valence-corrected chi connectivity index (χ4v) is 5.67. The lowest BCUT2D eigenvalue weighted by Gasteiger charge is -2.46. The van der Waals surface area contributed by atoms with Gasteiger partial charge in [0.2, 0.25) is 17.1 Å². The smallest absolute Gasteiger partial charge is 0.352 e. The van der Waals surface area contributed by atoms with E-state index in [0.717, 1.165) is 15.5 Å². The highest BCUT2D eigenvalue weighted by Gasteiger charge is 2.60. The second kappa shape index (κ2) is 7.69. The van der Waals surface area contributed by atoms with Gasteiger partial charge in [-0.05, 0) is 6.92 Å². The lowest BCUT2D eigenvalue weighted by molar-refractivity contribution is -0.518. The number of aliphatic hydroxyl groups is 1. The van der Waals surface area contributed by atoms with Gasteiger partial charge in [0.15, 0.2) is 0 Å². The highest BCUT2D eigenvalue weighted by molar-refractivity contribution is 7.17. The summed E-state index contributed by atoms with van der Waals surface area (Å²) in [6, 6.07) is -0.345. The van der Waals surface area contributed by atoms with E-state index in [4.69, 9.17) is 0 Å². The number of carboxylic acids is 1. The Hall–Kier alpha value is -1.99. The molecular formula is C18H21IN4O5S. The molecule has 0 aromatic carbocycles. The number of aromatic nitrogens is 2. The summed E-state index contributed by atoms with van der Waals surface area (Å²) in [5, 5.41) is 22.4. The number of aliphatic hydroxyl groups excluding tert-OH is 1. The minimum atomic E-state index is -1.15. The van der Waals surface area contributed by atoms with Gasteiger partial charge in [0.1, 0.15) is 24.6 Å². The number of carbonyl (C=O) groups excluding carboxylic acids is 2. The van der Waals surface area contributed by atoms with E-state index in [2.05, 4.69) is 5.32 Å². The Bertz CT molecular complexity index is 1040. The van der Waals surface area contributed by atoms with Gasteiger partial charge in [0.05, 0.1) is 30.0 Å². The van der Waals surface area contributed by atoms with E-state index in [1.54, 1.807) is 6.92 Å². The molecule has 1 fully saturated rings. The molecule has 0 unspecified atom stereocenters. The number of imidazole rings is 1. The predicted octanol–water partition coefficient (Wildman–Crippen LogP) is -3.27. The third-order valence-corrected chi connectivity index (χ3v) is 6.73. The number of carboxylic acid groups (broad SMARTS) is 1. The fourth-order valence-electron chi connectivity index (χ4n) is 4.43. The molecule has 2 aliphatic rings. The Morgan fingerprint density at radius 2 is 2.17 bits per heavy atom. The molecule has 0 aliphatic carbocycles. The summed E-state index contributed by atoms with van der Waals surface area (Å²) in [5.74, 6) is -1.44. The number of rotatable bonds is 6. The average Bonchev–Trinajstić information content (AvgIpc) is 3.20. The minimum absolute atomic E-state index is 0. The number of hydrogen-bond acceptors (Lipinski definition) is 5. The van der Waals surface area contributed by atoms with Crippen LogP contribution < -0.4 is 33.7 Å². The zero-order valence-electron chi connectivity index (χ0n) is 16.0. The summed E-state index contributed by atoms with van der Waals surface area (Å²) in [6.45, 7) is 3.80. The Balaban J connectivity index is 0.00000240. The average molecular weight is 532 g/mol. The molecular weight excluding hydrogens is 511 g/mol. The maximum absolute atomic E-state index is 12.5. The zero-order valence-corrected chi connectivity index (χ0v) is 19.0. The van der Waals surface area contributed by atoms with Crippen LogP contribution in [-0.4, -0.2) is 50.1 Å². The number of amides is 2. The van der Waals surface area contributed by atoms with Crippen molar-refractivity contribution in [3.63, 3.8) is 0 Å². The Morgan fingerprint density at radius 3 is 2.76 bits per heavy atom. The fraction of sp³-hybridized carbons (Fsp3) is 0.444. The molecule has 156 valence electrons. The number of β-lactam (4-membered cyclic amide) rings is 1. The third kappa shape index (κ3) is 3.06. The van der Waals surface area contributed by atoms with Crippen LogP contribution in [0, 0.1) is 11.8 Å². The number of nitrogens with one attached hydrogen (secondary N) is 1. The van der Waals surface area contributed by atoms with Crippen molar-refractivity contribution in [1.29, 1.82) is 0 Å². The SMILES string of the molecule is C[C@@H](O)[C@H]1C(=O)N2C(C(=O)O)=C(c3c[n+]4c(CNC=O)n(C)cc4s3)[C@H](C)[C@H]12.[I-]. The number of nitrogens with zero attached hydrogens (tertiary/aromatic N) is 3. The topological polar surface area (TPSA) is 116 Å². The van der Waals surface area contributed by atoms with E-state index < -0.39 is 18.0 Å². The van der Waals surface area contributed by atoms with E-state index in [9.17, 15) is 24.6 Å². The number of thiazole rings is 1. The summed E-state index contributed by atoms with van der Waals surface area (Å²) in [7, 11) is 1.87. The number of fused-ring (bicyclic) bond motifs is 2. The Morgan fingerprint density at radius 1 is 1.48 bits per heavy atom. The molecule has 0 bridgehead atoms. The lowest BCUT2D eigenvalue weighted by Crippen LogP contribution is -3.00. The highest BCUT2D eigenvalue weighted by atomic mass is 127. The molecule has 4 heterocycles. The molecule has 2 amide bonds. The van der Waals surface area contributed by atoms with Gasteiger partial charge in [-0.25, -0.2) is 9.36 Å². The molecule has 29 heavy (non-hydrogen) atoms. The summed E-state index contributed by atoms with van der Waals surface area (Å²) in [6.07, 6.45) is 3.56. The van der Waals surface area contributed by atoms with Crippen molar-refractivity contribution in [1.82, 2.24) is 14.8 Å². The van der Waals surface area contributed by atoms with Crippen molar-refractivity contribution in [2.75, 3.05) is 0 Å². The maximum atomic E-state index is 12.5. The third-order valence-electron chi connectivity index (χ3n) is 5.67. The predicted molar refractivity (Wildman–Crippen MR) is 98.9 cm³/mol. The molecule has 11 heteroatoms. The summed E-state index contributed by atoms with van der Waals surface area (Å²) >= 11 is 1.43. The van der Waals surface area contributed by atoms with Crippen molar-refractivity contribution >= 4 is 40.0 Å². The van der Waals surface area contributed by atoms with Crippen LogP contribution in [0.3, 0.4) is 0 Å². The second-order valence-electron chi connectivity index (χ2n) is 7.28. The number of hydrogen-bond donors (Lipinski definition) is 3. The van der Waals surface area contributed by atoms with E-state index in [0.29, 0.717) is 18.5 Å². The first-order chi connectivity index (χ1) is 13.3. The summed E-state index contributed by atoms with van der Waals surface area (Å²) in [4.78, 5) is 38.1. The second-order valence-corrected chi connectivity index (χ2v) is 8.34. The molecule has 0 radical (unpaired) electrons. The van der Waals surface area contributed by atoms with Crippen LogP contribution >= 0.6 is 11.3 Å². The van der Waals surface area contributed by atoms with Gasteiger partial charge < -0.3 is 44.4 Å². The van der Waals surface area contributed by atoms with Crippen LogP contribution in [0.4, 0.5) is 0 Å². The van der Waals surface area contributed by atoms with E-state index in [1.165, 1.54) is 16.2 Å². The molecule has 4 rings (SSSR count). The molecule has 9 nitrogen and oxygen atoms in total. The van der Waals surface area contributed by atoms with E-state index in [1.807, 2.05) is 35.3 Å². The number of aliphatic carboxylic acids is 1. The van der Waals surface area contributed by atoms with Crippen molar-refractivity contribution in [3.05, 3.63) is 28.8 Å². The van der Waals surface area contributed by atoms with Gasteiger partial charge in [-0.15, -0.1) is 0 Å². The molecule has 2 aromatic rings. The lowest BCUT2D eigenvalue weighted by atomic mass is 9.77. The first-order valence-electron chi connectivity index (χ1n) is 8.93. The van der Waals surface area contributed by atoms with Crippen LogP contribution in [0.15, 0.2) is 18.1 Å². The van der Waals surface area contributed by atoms with Gasteiger partial charge in [0.25, 0.3) is 5.82 Å². The van der Waals surface area contributed by atoms with Crippen molar-refractivity contribution < 1.29 is 53.0 Å². The normalized spacial score (nSPS) is 24.2. The van der Waals surface area contributed by atoms with E-state index >= 15 is 0 Å². The number of halogens is 1. The first-order valence-corrected chi connectivity index (χ1v) is 9.75. The van der Waals surface area contributed by atoms with Crippen LogP contribution in [0.2, 0.25) is 0 Å². The van der Waals surface area contributed by atoms with Gasteiger partial charge in [-0.1, -0.05) is 18.3 Å². The minimum Gasteiger partial charge on any atom is -1.00 e. The van der Waals surface area contributed by atoms with Crippen molar-refractivity contribution in [2.24, 2.45) is 18.9 Å². The maximum Gasteiger partial charge on any atom is 0.352 e. The standard InChI is InChI=1S/C18H20N4O5S.HI/c1-8-13(16(18(26)27)22-15(8)14(9(2)24)17(22)25)10-5-21-11(4-19-7-23)20(3)6-12(21)28-10;/h5-9,14-15,24H,4H2,1-3H3,(H-,19,23,26,27);1H/t8-,9+,14+,15+;/m0./s1. The van der Waals surface area contributed by atoms with Gasteiger partial charge in [-0.2, -0.15) is 4.40 Å². The first kappa shape index (κ1) is 21.7. The van der Waals surface area contributed by atoms with Crippen LogP contribution in [0.1, 0.15) is 24.5 Å². The summed E-state index contributed by atoms with van der Waals surface area (Å²) in [5.41, 5.74) is 0.612. The Kier molecular flexibility index (Phi) is 5.75. The monoisotopic (exact) mass is 532 g/mol.